The second-order valence-corrected chi connectivity index (χ2v) is 4.68. The highest BCUT2D eigenvalue weighted by molar-refractivity contribution is 5.93. The fourth-order valence-corrected chi connectivity index (χ4v) is 2.29. The van der Waals surface area contributed by atoms with Crippen molar-refractivity contribution in [2.75, 3.05) is 20.2 Å². The molecule has 2 rings (SSSR count). The maximum Gasteiger partial charge on any atom is 0.268 e. The first-order chi connectivity index (χ1) is 9.15. The van der Waals surface area contributed by atoms with Crippen LogP contribution in [0, 0.1) is 18.3 Å². The van der Waals surface area contributed by atoms with Crippen LogP contribution in [0.2, 0.25) is 0 Å². The highest BCUT2D eigenvalue weighted by atomic mass is 16.5. The number of aryl methyl sites for hydroxylation is 1. The molecule has 2 atom stereocenters. The lowest BCUT2D eigenvalue weighted by atomic mass is 10.0. The van der Waals surface area contributed by atoms with Gasteiger partial charge in [0, 0.05) is 19.3 Å². The van der Waals surface area contributed by atoms with Gasteiger partial charge in [-0.2, -0.15) is 5.26 Å². The molecule has 0 spiro atoms. The lowest BCUT2D eigenvalue weighted by Gasteiger charge is -2.31. The Hall–Kier alpha value is -1.84. The van der Waals surface area contributed by atoms with Gasteiger partial charge < -0.3 is 20.4 Å². The topological polar surface area (TPSA) is 89.9 Å². The molecule has 0 radical (unpaired) electrons. The Kier molecular flexibility index (Phi) is 4.20. The van der Waals surface area contributed by atoms with E-state index in [4.69, 9.17) is 10.00 Å². The van der Waals surface area contributed by atoms with E-state index in [1.807, 2.05) is 6.07 Å². The molecule has 1 saturated heterocycles. The van der Waals surface area contributed by atoms with Crippen LogP contribution < -0.4 is 10.6 Å². The molecule has 0 aliphatic carbocycles. The normalized spacial score (nSPS) is 22.8. The minimum absolute atomic E-state index is 0.00658. The summed E-state index contributed by atoms with van der Waals surface area (Å²) in [5.74, 6) is -0.196. The zero-order valence-electron chi connectivity index (χ0n) is 11.1. The van der Waals surface area contributed by atoms with Crippen molar-refractivity contribution in [1.82, 2.24) is 15.6 Å². The molecule has 1 aromatic heterocycles. The Labute approximate surface area is 112 Å². The summed E-state index contributed by atoms with van der Waals surface area (Å²) in [5, 5.41) is 15.1. The molecule has 1 aromatic rings. The number of rotatable bonds is 3. The third kappa shape index (κ3) is 2.95. The van der Waals surface area contributed by atoms with E-state index in [1.54, 1.807) is 20.1 Å². The zero-order chi connectivity index (χ0) is 13.8. The van der Waals surface area contributed by atoms with Crippen molar-refractivity contribution in [3.8, 4) is 6.07 Å². The summed E-state index contributed by atoms with van der Waals surface area (Å²) in [6, 6.07) is 3.62. The number of aromatic nitrogens is 1. The molecule has 0 saturated carbocycles. The first kappa shape index (κ1) is 13.6. The molecule has 6 heteroatoms. The van der Waals surface area contributed by atoms with Crippen LogP contribution in [0.3, 0.4) is 0 Å². The van der Waals surface area contributed by atoms with Crippen LogP contribution in [0.5, 0.6) is 0 Å². The fraction of sp³-hybridized carbons (Fsp3) is 0.538. The van der Waals surface area contributed by atoms with Gasteiger partial charge >= 0.3 is 0 Å². The third-order valence-electron chi connectivity index (χ3n) is 3.43. The van der Waals surface area contributed by atoms with E-state index in [1.165, 1.54) is 0 Å². The average Bonchev–Trinajstić information content (AvgIpc) is 2.80. The van der Waals surface area contributed by atoms with Crippen LogP contribution in [0.25, 0.3) is 0 Å². The molecule has 6 nitrogen and oxygen atoms in total. The van der Waals surface area contributed by atoms with E-state index in [-0.39, 0.29) is 18.1 Å². The Morgan fingerprint density at radius 1 is 1.63 bits per heavy atom. The molecule has 1 aliphatic rings. The summed E-state index contributed by atoms with van der Waals surface area (Å²) in [5.41, 5.74) is 1.63. The van der Waals surface area contributed by atoms with Gasteiger partial charge in [0.2, 0.25) is 0 Å². The molecule has 1 amide bonds. The number of nitrogens with one attached hydrogen (secondary N) is 3. The number of amides is 1. The molecule has 1 fully saturated rings. The van der Waals surface area contributed by atoms with Crippen molar-refractivity contribution in [1.29, 1.82) is 5.26 Å². The number of hydrogen-bond acceptors (Lipinski definition) is 4. The van der Waals surface area contributed by atoms with E-state index in [2.05, 4.69) is 15.6 Å². The smallest absolute Gasteiger partial charge is 0.268 e. The Balaban J connectivity index is 2.05. The average molecular weight is 262 g/mol. The maximum atomic E-state index is 12.1. The summed E-state index contributed by atoms with van der Waals surface area (Å²) in [4.78, 5) is 15.1. The zero-order valence-corrected chi connectivity index (χ0v) is 11.1. The quantitative estimate of drug-likeness (QED) is 0.731. The van der Waals surface area contributed by atoms with E-state index in [0.29, 0.717) is 17.0 Å². The molecular formula is C13H18N4O2. The number of aromatic amines is 1. The van der Waals surface area contributed by atoms with Crippen LogP contribution in [0.4, 0.5) is 0 Å². The molecule has 19 heavy (non-hydrogen) atoms. The summed E-state index contributed by atoms with van der Waals surface area (Å²) in [6.45, 7) is 3.37. The number of carbonyl (C=O) groups excluding carboxylic acids is 1. The predicted octanol–water partition coefficient (Wildman–Crippen LogP) is 0.302. The SMILES string of the molecule is CO[C@H]1CNCCC1NC(=O)c1cc(C#N)c(C)[nH]1. The van der Waals surface area contributed by atoms with Gasteiger partial charge in [0.15, 0.2) is 0 Å². The van der Waals surface area contributed by atoms with Crippen molar-refractivity contribution in [3.63, 3.8) is 0 Å². The number of nitrogens with zero attached hydrogens (tertiary/aromatic N) is 1. The summed E-state index contributed by atoms with van der Waals surface area (Å²) in [7, 11) is 1.64. The lowest BCUT2D eigenvalue weighted by Crippen LogP contribution is -2.53. The molecular weight excluding hydrogens is 244 g/mol. The van der Waals surface area contributed by atoms with Gasteiger partial charge in [-0.25, -0.2) is 0 Å². The van der Waals surface area contributed by atoms with Crippen LogP contribution in [0.1, 0.15) is 28.2 Å². The molecule has 0 aromatic carbocycles. The summed E-state index contributed by atoms with van der Waals surface area (Å²) < 4.78 is 5.35. The maximum absolute atomic E-state index is 12.1. The van der Waals surface area contributed by atoms with Gasteiger partial charge in [-0.3, -0.25) is 4.79 Å². The van der Waals surface area contributed by atoms with E-state index >= 15 is 0 Å². The number of ether oxygens (including phenoxy) is 1. The summed E-state index contributed by atoms with van der Waals surface area (Å²) >= 11 is 0. The number of hydrogen-bond donors (Lipinski definition) is 3. The van der Waals surface area contributed by atoms with E-state index in [0.717, 1.165) is 19.5 Å². The Bertz CT molecular complexity index is 503. The van der Waals surface area contributed by atoms with Crippen LogP contribution in [0.15, 0.2) is 6.07 Å². The monoisotopic (exact) mass is 262 g/mol. The van der Waals surface area contributed by atoms with Gasteiger partial charge in [0.05, 0.1) is 17.7 Å². The molecule has 3 N–H and O–H groups in total. The van der Waals surface area contributed by atoms with E-state index in [9.17, 15) is 4.79 Å². The van der Waals surface area contributed by atoms with Gasteiger partial charge in [0.25, 0.3) is 5.91 Å². The molecule has 1 aliphatic heterocycles. The molecule has 0 bridgehead atoms. The first-order valence-electron chi connectivity index (χ1n) is 6.29. The summed E-state index contributed by atoms with van der Waals surface area (Å²) in [6.07, 6.45) is 0.805. The van der Waals surface area contributed by atoms with Gasteiger partial charge in [-0.1, -0.05) is 0 Å². The first-order valence-corrected chi connectivity index (χ1v) is 6.29. The number of methoxy groups -OCH3 is 1. The minimum Gasteiger partial charge on any atom is -0.378 e. The van der Waals surface area contributed by atoms with Crippen molar-refractivity contribution in [2.45, 2.75) is 25.5 Å². The number of carbonyl (C=O) groups is 1. The fourth-order valence-electron chi connectivity index (χ4n) is 2.29. The van der Waals surface area contributed by atoms with Gasteiger partial charge in [-0.15, -0.1) is 0 Å². The Morgan fingerprint density at radius 3 is 3.05 bits per heavy atom. The molecule has 102 valence electrons. The molecule has 2 heterocycles. The minimum atomic E-state index is -0.196. The predicted molar refractivity (Wildman–Crippen MR) is 69.8 cm³/mol. The Morgan fingerprint density at radius 2 is 2.42 bits per heavy atom. The number of H-pyrrole nitrogens is 1. The highest BCUT2D eigenvalue weighted by Gasteiger charge is 2.26. The van der Waals surface area contributed by atoms with Crippen LogP contribution in [-0.2, 0) is 4.74 Å². The van der Waals surface area contributed by atoms with Crippen LogP contribution >= 0.6 is 0 Å². The second-order valence-electron chi connectivity index (χ2n) is 4.68. The third-order valence-corrected chi connectivity index (χ3v) is 3.43. The van der Waals surface area contributed by atoms with Crippen LogP contribution in [-0.4, -0.2) is 43.2 Å². The standard InChI is InChI=1S/C13H18N4O2/c1-8-9(6-14)5-11(16-8)13(18)17-10-3-4-15-7-12(10)19-2/h5,10,12,15-16H,3-4,7H2,1-2H3,(H,17,18)/t10?,12-/m0/s1. The number of piperidine rings is 1. The molecule has 1 unspecified atom stereocenters. The highest BCUT2D eigenvalue weighted by Crippen LogP contribution is 2.11. The van der Waals surface area contributed by atoms with Crippen molar-refractivity contribution in [3.05, 3.63) is 23.0 Å². The largest absolute Gasteiger partial charge is 0.378 e. The van der Waals surface area contributed by atoms with Gasteiger partial charge in [0.1, 0.15) is 11.8 Å². The lowest BCUT2D eigenvalue weighted by molar-refractivity contribution is 0.0475. The van der Waals surface area contributed by atoms with Crippen molar-refractivity contribution < 1.29 is 9.53 Å². The van der Waals surface area contributed by atoms with E-state index < -0.39 is 0 Å². The number of nitriles is 1. The van der Waals surface area contributed by atoms with Crippen molar-refractivity contribution >= 4 is 5.91 Å². The van der Waals surface area contributed by atoms with Gasteiger partial charge in [-0.05, 0) is 26.0 Å². The van der Waals surface area contributed by atoms with Crippen molar-refractivity contribution in [2.24, 2.45) is 0 Å². The second kappa shape index (κ2) is 5.87.